The second-order valence-electron chi connectivity index (χ2n) is 6.97. The molecular weight excluding hydrogens is 403 g/mol. The lowest BCUT2D eigenvalue weighted by Crippen LogP contribution is -2.23. The van der Waals surface area contributed by atoms with Crippen LogP contribution in [0.15, 0.2) is 58.5 Å². The number of rotatable bonds is 8. The maximum atomic E-state index is 13.0. The summed E-state index contributed by atoms with van der Waals surface area (Å²) in [4.78, 5) is 25.1. The molecule has 154 valence electrons. The van der Waals surface area contributed by atoms with Gasteiger partial charge in [0, 0.05) is 24.3 Å². The van der Waals surface area contributed by atoms with Crippen molar-refractivity contribution in [1.29, 1.82) is 0 Å². The van der Waals surface area contributed by atoms with Crippen molar-refractivity contribution in [1.82, 2.24) is 19.2 Å². The van der Waals surface area contributed by atoms with E-state index >= 15 is 0 Å². The summed E-state index contributed by atoms with van der Waals surface area (Å²) in [5.74, 6) is 0.846. The largest absolute Gasteiger partial charge is 0.294 e. The number of aromatic nitrogens is 4. The minimum absolute atomic E-state index is 0.0102. The van der Waals surface area contributed by atoms with Crippen molar-refractivity contribution in [2.24, 2.45) is 0 Å². The molecule has 6 nitrogen and oxygen atoms in total. The Bertz CT molecular complexity index is 1260. The van der Waals surface area contributed by atoms with Crippen LogP contribution >= 0.6 is 11.8 Å². The molecule has 0 aliphatic carbocycles. The standard InChI is InChI=1S/C22H21FN4O2S/c1-2-13-26-20(29)17-6-3-4-7-18(17)27-21(26)24-25-22(27)30-14-5-8-19(28)15-9-11-16(23)12-10-15/h3-4,6-7,9-12H,2,5,8,13-14H2,1H3. The molecule has 2 heterocycles. The lowest BCUT2D eigenvalue weighted by atomic mass is 10.1. The van der Waals surface area contributed by atoms with Gasteiger partial charge in [0.2, 0.25) is 5.78 Å². The third-order valence-corrected chi connectivity index (χ3v) is 5.89. The molecule has 0 N–H and O–H groups in total. The van der Waals surface area contributed by atoms with E-state index in [1.54, 1.807) is 4.57 Å². The number of thioether (sulfide) groups is 1. The topological polar surface area (TPSA) is 69.3 Å². The van der Waals surface area contributed by atoms with Crippen molar-refractivity contribution in [2.75, 3.05) is 5.75 Å². The number of benzene rings is 2. The predicted octanol–water partition coefficient (Wildman–Crippen LogP) is 4.35. The zero-order valence-corrected chi connectivity index (χ0v) is 17.4. The fourth-order valence-electron chi connectivity index (χ4n) is 3.43. The fraction of sp³-hybridized carbons (Fsp3) is 0.273. The Kier molecular flexibility index (Phi) is 5.94. The maximum Gasteiger partial charge on any atom is 0.262 e. The summed E-state index contributed by atoms with van der Waals surface area (Å²) in [7, 11) is 0. The van der Waals surface area contributed by atoms with Crippen LogP contribution in [0, 0.1) is 5.82 Å². The molecule has 0 bridgehead atoms. The van der Waals surface area contributed by atoms with Gasteiger partial charge in [-0.25, -0.2) is 4.39 Å². The highest BCUT2D eigenvalue weighted by molar-refractivity contribution is 7.99. The van der Waals surface area contributed by atoms with E-state index in [1.807, 2.05) is 35.6 Å². The van der Waals surface area contributed by atoms with E-state index < -0.39 is 0 Å². The average Bonchev–Trinajstić information content (AvgIpc) is 3.18. The van der Waals surface area contributed by atoms with Gasteiger partial charge < -0.3 is 0 Å². The van der Waals surface area contributed by atoms with Crippen LogP contribution in [0.3, 0.4) is 0 Å². The van der Waals surface area contributed by atoms with E-state index in [0.29, 0.717) is 47.0 Å². The monoisotopic (exact) mass is 424 g/mol. The van der Waals surface area contributed by atoms with Gasteiger partial charge >= 0.3 is 0 Å². The van der Waals surface area contributed by atoms with Crippen molar-refractivity contribution in [2.45, 2.75) is 37.9 Å². The summed E-state index contributed by atoms with van der Waals surface area (Å²) < 4.78 is 16.6. The first kappa shape index (κ1) is 20.3. The third-order valence-electron chi connectivity index (χ3n) is 4.87. The highest BCUT2D eigenvalue weighted by Gasteiger charge is 2.16. The van der Waals surface area contributed by atoms with Crippen LogP contribution in [-0.4, -0.2) is 30.7 Å². The van der Waals surface area contributed by atoms with E-state index in [0.717, 1.165) is 11.9 Å². The summed E-state index contributed by atoms with van der Waals surface area (Å²) in [6.45, 7) is 2.59. The molecule has 0 atom stereocenters. The van der Waals surface area contributed by atoms with Crippen LogP contribution in [0.1, 0.15) is 36.5 Å². The van der Waals surface area contributed by atoms with Crippen LogP contribution in [-0.2, 0) is 6.54 Å². The molecular formula is C22H21FN4O2S. The van der Waals surface area contributed by atoms with Crippen molar-refractivity contribution in [3.63, 3.8) is 0 Å². The van der Waals surface area contributed by atoms with Crippen LogP contribution in [0.5, 0.6) is 0 Å². The molecule has 0 amide bonds. The Morgan fingerprint density at radius 1 is 1.10 bits per heavy atom. The van der Waals surface area contributed by atoms with Crippen LogP contribution in [0.25, 0.3) is 16.7 Å². The fourth-order valence-corrected chi connectivity index (χ4v) is 4.31. The molecule has 0 fully saturated rings. The van der Waals surface area contributed by atoms with Gasteiger partial charge in [-0.1, -0.05) is 30.8 Å². The molecule has 30 heavy (non-hydrogen) atoms. The van der Waals surface area contributed by atoms with Gasteiger partial charge in [0.15, 0.2) is 10.9 Å². The van der Waals surface area contributed by atoms with Crippen LogP contribution in [0.2, 0.25) is 0 Å². The quantitative estimate of drug-likeness (QED) is 0.239. The molecule has 0 saturated heterocycles. The summed E-state index contributed by atoms with van der Waals surface area (Å²) in [6, 6.07) is 13.1. The molecule has 0 unspecified atom stereocenters. The Morgan fingerprint density at radius 2 is 1.87 bits per heavy atom. The smallest absolute Gasteiger partial charge is 0.262 e. The third kappa shape index (κ3) is 3.87. The van der Waals surface area contributed by atoms with Crippen LogP contribution in [0.4, 0.5) is 4.39 Å². The van der Waals surface area contributed by atoms with Gasteiger partial charge in [-0.05, 0) is 49.2 Å². The van der Waals surface area contributed by atoms with E-state index in [4.69, 9.17) is 0 Å². The number of Topliss-reactive ketones (excluding diaryl/α,β-unsaturated/α-hetero) is 1. The van der Waals surface area contributed by atoms with E-state index in [2.05, 4.69) is 10.2 Å². The minimum Gasteiger partial charge on any atom is -0.294 e. The van der Waals surface area contributed by atoms with Gasteiger partial charge in [-0.15, -0.1) is 10.2 Å². The predicted molar refractivity (Wildman–Crippen MR) is 116 cm³/mol. The van der Waals surface area contributed by atoms with Crippen molar-refractivity contribution < 1.29 is 9.18 Å². The number of hydrogen-bond acceptors (Lipinski definition) is 5. The number of halogens is 1. The van der Waals surface area contributed by atoms with Gasteiger partial charge in [0.25, 0.3) is 5.56 Å². The summed E-state index contributed by atoms with van der Waals surface area (Å²) in [5.41, 5.74) is 1.23. The normalized spacial score (nSPS) is 11.4. The number of carbonyl (C=O) groups is 1. The SMILES string of the molecule is CCCn1c(=O)c2ccccc2n2c(SCCCC(=O)c3ccc(F)cc3)nnc12. The van der Waals surface area contributed by atoms with Crippen molar-refractivity contribution >= 4 is 34.2 Å². The zero-order chi connectivity index (χ0) is 21.1. The first-order valence-electron chi connectivity index (χ1n) is 9.88. The molecule has 0 aliphatic rings. The molecule has 0 spiro atoms. The zero-order valence-electron chi connectivity index (χ0n) is 16.5. The van der Waals surface area contributed by atoms with Gasteiger partial charge in [0.1, 0.15) is 5.82 Å². The average molecular weight is 425 g/mol. The Balaban J connectivity index is 1.54. The second-order valence-corrected chi connectivity index (χ2v) is 8.04. The number of aryl methyl sites for hydroxylation is 1. The van der Waals surface area contributed by atoms with E-state index in [-0.39, 0.29) is 17.2 Å². The number of fused-ring (bicyclic) bond motifs is 3. The first-order chi connectivity index (χ1) is 14.6. The number of ketones is 1. The summed E-state index contributed by atoms with van der Waals surface area (Å²) >= 11 is 1.51. The Hall–Kier alpha value is -3.00. The number of para-hydroxylation sites is 1. The van der Waals surface area contributed by atoms with Gasteiger partial charge in [0.05, 0.1) is 10.9 Å². The highest BCUT2D eigenvalue weighted by Crippen LogP contribution is 2.23. The van der Waals surface area contributed by atoms with E-state index in [1.165, 1.54) is 36.0 Å². The maximum absolute atomic E-state index is 13.0. The highest BCUT2D eigenvalue weighted by atomic mass is 32.2. The van der Waals surface area contributed by atoms with Crippen molar-refractivity contribution in [3.05, 3.63) is 70.3 Å². The summed E-state index contributed by atoms with van der Waals surface area (Å²) in [5, 5.41) is 9.90. The number of hydrogen-bond donors (Lipinski definition) is 0. The van der Waals surface area contributed by atoms with Crippen LogP contribution < -0.4 is 5.56 Å². The molecule has 4 rings (SSSR count). The number of carbonyl (C=O) groups excluding carboxylic acids is 1. The lowest BCUT2D eigenvalue weighted by Gasteiger charge is -2.10. The molecule has 0 saturated carbocycles. The van der Waals surface area contributed by atoms with Crippen molar-refractivity contribution in [3.8, 4) is 0 Å². The molecule has 4 aromatic rings. The second kappa shape index (κ2) is 8.79. The van der Waals surface area contributed by atoms with Gasteiger partial charge in [-0.2, -0.15) is 0 Å². The Labute approximate surface area is 176 Å². The molecule has 0 aliphatic heterocycles. The van der Waals surface area contributed by atoms with Gasteiger partial charge in [-0.3, -0.25) is 18.6 Å². The lowest BCUT2D eigenvalue weighted by molar-refractivity contribution is 0.0982. The first-order valence-corrected chi connectivity index (χ1v) is 10.9. The molecule has 2 aromatic carbocycles. The van der Waals surface area contributed by atoms with E-state index in [9.17, 15) is 14.0 Å². The molecule has 2 aromatic heterocycles. The molecule has 0 radical (unpaired) electrons. The summed E-state index contributed by atoms with van der Waals surface area (Å²) in [6.07, 6.45) is 1.84. The molecule has 8 heteroatoms. The number of nitrogens with zero attached hydrogens (tertiary/aromatic N) is 4. The Morgan fingerprint density at radius 3 is 2.63 bits per heavy atom. The minimum atomic E-state index is -0.352.